The normalized spacial score (nSPS) is 30.7. The topological polar surface area (TPSA) is 29.1 Å². The van der Waals surface area contributed by atoms with Crippen molar-refractivity contribution in [1.82, 2.24) is 0 Å². The zero-order valence-electron chi connectivity index (χ0n) is 17.1. The molecule has 0 saturated heterocycles. The van der Waals surface area contributed by atoms with E-state index in [2.05, 4.69) is 79.0 Å². The molecule has 2 bridgehead atoms. The summed E-state index contributed by atoms with van der Waals surface area (Å²) in [6.07, 6.45) is 9.93. The van der Waals surface area contributed by atoms with Crippen molar-refractivity contribution in [3.05, 3.63) is 102 Å². The standard InChI is InChI=1S/C28H25NO/c1-28(27(30)29-25-16-8-10-18-9-2-3-11-19(18)25)17-24-20-12-4-6-14-22(20)26(28)23-15-7-5-13-21(23)24/h2-16,20,22,24,26H,17H2,1H3,(H,29,30). The number of nitrogens with one attached hydrogen (secondary N) is 1. The molecule has 0 spiro atoms. The number of hydrogen-bond acceptors (Lipinski definition) is 1. The van der Waals surface area contributed by atoms with Gasteiger partial charge < -0.3 is 5.32 Å². The lowest BCUT2D eigenvalue weighted by molar-refractivity contribution is -0.130. The Morgan fingerprint density at radius 3 is 2.43 bits per heavy atom. The van der Waals surface area contributed by atoms with Crippen LogP contribution in [0.1, 0.15) is 36.3 Å². The second-order valence-corrected chi connectivity index (χ2v) is 9.24. The molecule has 30 heavy (non-hydrogen) atoms. The van der Waals surface area contributed by atoms with Gasteiger partial charge in [0.2, 0.25) is 5.91 Å². The van der Waals surface area contributed by atoms with Gasteiger partial charge >= 0.3 is 0 Å². The molecule has 2 nitrogen and oxygen atoms in total. The Balaban J connectivity index is 1.43. The minimum atomic E-state index is -0.438. The molecule has 0 aliphatic heterocycles. The maximum atomic E-state index is 13.9. The van der Waals surface area contributed by atoms with Gasteiger partial charge in [0.15, 0.2) is 0 Å². The quantitative estimate of drug-likeness (QED) is 0.536. The number of allylic oxidation sites excluding steroid dienone is 4. The monoisotopic (exact) mass is 391 g/mol. The molecule has 1 saturated carbocycles. The van der Waals surface area contributed by atoms with Gasteiger partial charge in [-0.25, -0.2) is 0 Å². The van der Waals surface area contributed by atoms with Gasteiger partial charge in [0.1, 0.15) is 0 Å². The van der Waals surface area contributed by atoms with Crippen LogP contribution in [0.25, 0.3) is 10.8 Å². The molecule has 0 heterocycles. The van der Waals surface area contributed by atoms with E-state index in [4.69, 9.17) is 0 Å². The average molecular weight is 392 g/mol. The van der Waals surface area contributed by atoms with Crippen molar-refractivity contribution in [3.63, 3.8) is 0 Å². The summed E-state index contributed by atoms with van der Waals surface area (Å²) in [5, 5.41) is 5.57. The van der Waals surface area contributed by atoms with E-state index in [0.717, 1.165) is 22.9 Å². The highest BCUT2D eigenvalue weighted by Crippen LogP contribution is 2.64. The summed E-state index contributed by atoms with van der Waals surface area (Å²) in [4.78, 5) is 13.9. The van der Waals surface area contributed by atoms with Crippen LogP contribution in [-0.2, 0) is 4.79 Å². The van der Waals surface area contributed by atoms with Crippen LogP contribution in [0.15, 0.2) is 91.0 Å². The Kier molecular flexibility index (Phi) is 3.80. The Morgan fingerprint density at radius 2 is 1.57 bits per heavy atom. The molecular weight excluding hydrogens is 366 g/mol. The maximum absolute atomic E-state index is 13.9. The number of benzene rings is 3. The van der Waals surface area contributed by atoms with Crippen molar-refractivity contribution >= 4 is 22.4 Å². The van der Waals surface area contributed by atoms with E-state index in [1.807, 2.05) is 24.3 Å². The number of amides is 1. The number of fused-ring (bicyclic) bond motifs is 2. The summed E-state index contributed by atoms with van der Waals surface area (Å²) in [6.45, 7) is 2.18. The third-order valence-electron chi connectivity index (χ3n) is 7.69. The van der Waals surface area contributed by atoms with Crippen LogP contribution in [0.5, 0.6) is 0 Å². The van der Waals surface area contributed by atoms with Crippen molar-refractivity contribution in [2.75, 3.05) is 5.32 Å². The fourth-order valence-electron chi connectivity index (χ4n) is 6.35. The highest BCUT2D eigenvalue weighted by Gasteiger charge is 2.58. The largest absolute Gasteiger partial charge is 0.325 e. The lowest BCUT2D eigenvalue weighted by atomic mass is 9.46. The molecule has 1 fully saturated rings. The SMILES string of the molecule is CC1(C(=O)Nc2cccc3ccccc23)CC2c3ccccc3C1C1C=CC=CC21. The summed E-state index contributed by atoms with van der Waals surface area (Å²) < 4.78 is 0. The summed E-state index contributed by atoms with van der Waals surface area (Å²) in [7, 11) is 0. The summed E-state index contributed by atoms with van der Waals surface area (Å²) in [5.74, 6) is 1.60. The van der Waals surface area contributed by atoms with Crippen LogP contribution in [0.2, 0.25) is 0 Å². The molecule has 3 aromatic carbocycles. The molecular formula is C28H25NO. The fourth-order valence-corrected chi connectivity index (χ4v) is 6.35. The van der Waals surface area contributed by atoms with E-state index in [0.29, 0.717) is 17.8 Å². The van der Waals surface area contributed by atoms with E-state index < -0.39 is 5.41 Å². The van der Waals surface area contributed by atoms with Crippen molar-refractivity contribution in [3.8, 4) is 0 Å². The van der Waals surface area contributed by atoms with Gasteiger partial charge in [0.25, 0.3) is 0 Å². The second-order valence-electron chi connectivity index (χ2n) is 9.24. The molecule has 4 aliphatic rings. The number of carbonyl (C=O) groups excluding carboxylic acids is 1. The number of rotatable bonds is 2. The van der Waals surface area contributed by atoms with Gasteiger partial charge in [0, 0.05) is 17.0 Å². The van der Waals surface area contributed by atoms with Gasteiger partial charge in [-0.3, -0.25) is 4.79 Å². The number of hydrogen-bond donors (Lipinski definition) is 1. The summed E-state index contributed by atoms with van der Waals surface area (Å²) in [6, 6.07) is 23.2. The molecule has 1 N–H and O–H groups in total. The van der Waals surface area contributed by atoms with Gasteiger partial charge in [-0.1, -0.05) is 91.9 Å². The van der Waals surface area contributed by atoms with Gasteiger partial charge in [-0.05, 0) is 46.8 Å². The first-order valence-electron chi connectivity index (χ1n) is 10.9. The van der Waals surface area contributed by atoms with Crippen molar-refractivity contribution in [2.24, 2.45) is 17.3 Å². The molecule has 7 rings (SSSR count). The van der Waals surface area contributed by atoms with Crippen molar-refractivity contribution in [2.45, 2.75) is 25.2 Å². The zero-order chi connectivity index (χ0) is 20.3. The Bertz CT molecular complexity index is 1220. The average Bonchev–Trinajstić information content (AvgIpc) is 2.79. The van der Waals surface area contributed by atoms with E-state index in [1.54, 1.807) is 0 Å². The number of anilines is 1. The molecule has 0 aromatic heterocycles. The smallest absolute Gasteiger partial charge is 0.230 e. The van der Waals surface area contributed by atoms with Crippen LogP contribution in [-0.4, -0.2) is 5.91 Å². The first-order chi connectivity index (χ1) is 14.7. The Hall–Kier alpha value is -3.13. The molecule has 148 valence electrons. The fraction of sp³-hybridized carbons (Fsp3) is 0.250. The maximum Gasteiger partial charge on any atom is 0.230 e. The zero-order valence-corrected chi connectivity index (χ0v) is 17.1. The molecule has 5 atom stereocenters. The second kappa shape index (κ2) is 6.43. The van der Waals surface area contributed by atoms with Gasteiger partial charge in [-0.15, -0.1) is 0 Å². The highest BCUT2D eigenvalue weighted by atomic mass is 16.2. The van der Waals surface area contributed by atoms with Crippen molar-refractivity contribution in [1.29, 1.82) is 0 Å². The Labute approximate surface area is 177 Å². The Morgan fingerprint density at radius 1 is 0.867 bits per heavy atom. The van der Waals surface area contributed by atoms with Crippen LogP contribution in [0, 0.1) is 17.3 Å². The lowest BCUT2D eigenvalue weighted by Crippen LogP contribution is -2.52. The molecule has 0 radical (unpaired) electrons. The van der Waals surface area contributed by atoms with Crippen molar-refractivity contribution < 1.29 is 4.79 Å². The molecule has 1 amide bonds. The third-order valence-corrected chi connectivity index (χ3v) is 7.69. The minimum Gasteiger partial charge on any atom is -0.325 e. The number of carbonyl (C=O) groups is 1. The molecule has 4 aliphatic carbocycles. The third kappa shape index (κ3) is 2.40. The minimum absolute atomic E-state index is 0.143. The van der Waals surface area contributed by atoms with Gasteiger partial charge in [-0.2, -0.15) is 0 Å². The van der Waals surface area contributed by atoms with Crippen LogP contribution in [0.3, 0.4) is 0 Å². The molecule has 2 heteroatoms. The predicted octanol–water partition coefficient (Wildman–Crippen LogP) is 6.43. The van der Waals surface area contributed by atoms with E-state index >= 15 is 0 Å². The summed E-state index contributed by atoms with van der Waals surface area (Å²) >= 11 is 0. The highest BCUT2D eigenvalue weighted by molar-refractivity contribution is 6.04. The molecule has 5 unspecified atom stereocenters. The van der Waals surface area contributed by atoms with Crippen LogP contribution in [0.4, 0.5) is 5.69 Å². The van der Waals surface area contributed by atoms with Crippen LogP contribution >= 0.6 is 0 Å². The first kappa shape index (κ1) is 17.7. The molecule has 3 aromatic rings. The van der Waals surface area contributed by atoms with Crippen LogP contribution < -0.4 is 5.32 Å². The lowest BCUT2D eigenvalue weighted by Gasteiger charge is -2.57. The van der Waals surface area contributed by atoms with E-state index in [9.17, 15) is 4.79 Å². The van der Waals surface area contributed by atoms with E-state index in [1.165, 1.54) is 11.1 Å². The van der Waals surface area contributed by atoms with Gasteiger partial charge in [0.05, 0.1) is 5.41 Å². The summed E-state index contributed by atoms with van der Waals surface area (Å²) in [5.41, 5.74) is 3.28. The predicted molar refractivity (Wildman–Crippen MR) is 122 cm³/mol. The first-order valence-corrected chi connectivity index (χ1v) is 10.9. The van der Waals surface area contributed by atoms with E-state index in [-0.39, 0.29) is 11.8 Å².